The van der Waals surface area contributed by atoms with Gasteiger partial charge in [0, 0.05) is 11.3 Å². The number of hydrogen-bond donors (Lipinski definition) is 2. The number of thiazole rings is 1. The molecule has 1 heterocycles. The molecule has 2 N–H and O–H groups in total. The molecule has 4 rings (SSSR count). The third kappa shape index (κ3) is 3.02. The molecule has 3 aromatic rings. The number of benzene rings is 2. The van der Waals surface area contributed by atoms with Crippen molar-refractivity contribution >= 4 is 22.2 Å². The van der Waals surface area contributed by atoms with E-state index in [2.05, 4.69) is 53.5 Å². The minimum absolute atomic E-state index is 0.297. The van der Waals surface area contributed by atoms with Gasteiger partial charge in [-0.05, 0) is 36.0 Å². The molecule has 0 atom stereocenters. The normalized spacial score (nSPS) is 22.6. The maximum absolute atomic E-state index is 4.75. The summed E-state index contributed by atoms with van der Waals surface area (Å²) in [6, 6.07) is 20.9. The minimum atomic E-state index is 0.297. The third-order valence-corrected chi connectivity index (χ3v) is 5.67. The molecule has 3 nitrogen and oxygen atoms in total. The van der Waals surface area contributed by atoms with Gasteiger partial charge in [-0.3, -0.25) is 10.9 Å². The molecule has 2 aromatic carbocycles. The monoisotopic (exact) mass is 335 g/mol. The predicted octanol–water partition coefficient (Wildman–Crippen LogP) is 5.42. The maximum Gasteiger partial charge on any atom is 0.201 e. The van der Waals surface area contributed by atoms with Crippen LogP contribution in [0.3, 0.4) is 0 Å². The second-order valence-electron chi connectivity index (χ2n) is 6.73. The highest BCUT2D eigenvalue weighted by Crippen LogP contribution is 2.52. The zero-order chi connectivity index (χ0) is 16.4. The van der Waals surface area contributed by atoms with E-state index in [1.165, 1.54) is 24.1 Å². The highest BCUT2D eigenvalue weighted by atomic mass is 32.1. The Labute approximate surface area is 146 Å². The highest BCUT2D eigenvalue weighted by Gasteiger charge is 2.42. The number of hydrogen-bond acceptors (Lipinski definition) is 4. The Kier molecular flexibility index (Phi) is 3.98. The second kappa shape index (κ2) is 6.29. The SMILES string of the molecule is CC1(c2ccccc2)CC(c2csc(NNc3ccccc3)n2)C1. The van der Waals surface area contributed by atoms with Crippen molar-refractivity contribution < 1.29 is 0 Å². The molecule has 1 aromatic heterocycles. The van der Waals surface area contributed by atoms with Crippen molar-refractivity contribution in [3.8, 4) is 0 Å². The standard InChI is InChI=1S/C20H21N3S/c1-20(16-8-4-2-5-9-16)12-15(13-20)18-14-24-19(21-18)23-22-17-10-6-3-7-11-17/h2-11,14-15,22H,12-13H2,1H3,(H,21,23). The Morgan fingerprint density at radius 3 is 2.33 bits per heavy atom. The van der Waals surface area contributed by atoms with Crippen molar-refractivity contribution in [1.82, 2.24) is 4.98 Å². The van der Waals surface area contributed by atoms with Gasteiger partial charge >= 0.3 is 0 Å². The number of nitrogens with zero attached hydrogens (tertiary/aromatic N) is 1. The number of aromatic nitrogens is 1. The Morgan fingerprint density at radius 1 is 0.958 bits per heavy atom. The predicted molar refractivity (Wildman–Crippen MR) is 102 cm³/mol. The first-order chi connectivity index (χ1) is 11.7. The fraction of sp³-hybridized carbons (Fsp3) is 0.250. The van der Waals surface area contributed by atoms with Gasteiger partial charge in [-0.2, -0.15) is 0 Å². The molecule has 0 radical (unpaired) electrons. The van der Waals surface area contributed by atoms with Crippen LogP contribution in [-0.2, 0) is 5.41 Å². The van der Waals surface area contributed by atoms with Gasteiger partial charge in [0.1, 0.15) is 0 Å². The lowest BCUT2D eigenvalue weighted by molar-refractivity contribution is 0.222. The number of anilines is 2. The van der Waals surface area contributed by atoms with Crippen LogP contribution in [0, 0.1) is 0 Å². The lowest BCUT2D eigenvalue weighted by Crippen LogP contribution is -2.37. The fourth-order valence-corrected chi connectivity index (χ4v) is 4.24. The largest absolute Gasteiger partial charge is 0.299 e. The van der Waals surface area contributed by atoms with E-state index in [1.54, 1.807) is 11.3 Å². The molecule has 0 unspecified atom stereocenters. The summed E-state index contributed by atoms with van der Waals surface area (Å²) in [6.07, 6.45) is 2.35. The van der Waals surface area contributed by atoms with Gasteiger partial charge in [-0.15, -0.1) is 11.3 Å². The van der Waals surface area contributed by atoms with Gasteiger partial charge < -0.3 is 0 Å². The quantitative estimate of drug-likeness (QED) is 0.612. The summed E-state index contributed by atoms with van der Waals surface area (Å²) >= 11 is 1.66. The van der Waals surface area contributed by atoms with Crippen molar-refractivity contribution in [2.75, 3.05) is 10.9 Å². The van der Waals surface area contributed by atoms with E-state index in [1.807, 2.05) is 30.3 Å². The molecule has 0 saturated heterocycles. The Hall–Kier alpha value is -2.33. The average molecular weight is 335 g/mol. The molecule has 24 heavy (non-hydrogen) atoms. The lowest BCUT2D eigenvalue weighted by atomic mass is 9.59. The van der Waals surface area contributed by atoms with E-state index in [9.17, 15) is 0 Å². The molecule has 4 heteroatoms. The number of rotatable bonds is 5. The van der Waals surface area contributed by atoms with Crippen molar-refractivity contribution in [2.45, 2.75) is 31.1 Å². The van der Waals surface area contributed by atoms with Crippen LogP contribution in [0.5, 0.6) is 0 Å². The number of para-hydroxylation sites is 1. The van der Waals surface area contributed by atoms with Crippen molar-refractivity contribution in [3.63, 3.8) is 0 Å². The molecule has 1 saturated carbocycles. The van der Waals surface area contributed by atoms with Crippen LogP contribution in [-0.4, -0.2) is 4.98 Å². The summed E-state index contributed by atoms with van der Waals surface area (Å²) < 4.78 is 0. The van der Waals surface area contributed by atoms with E-state index in [-0.39, 0.29) is 0 Å². The Balaban J connectivity index is 1.37. The van der Waals surface area contributed by atoms with Gasteiger partial charge in [0.25, 0.3) is 0 Å². The topological polar surface area (TPSA) is 37.0 Å². The molecule has 1 fully saturated rings. The summed E-state index contributed by atoms with van der Waals surface area (Å²) in [5, 5.41) is 3.10. The van der Waals surface area contributed by atoms with Crippen LogP contribution in [0.15, 0.2) is 66.0 Å². The van der Waals surface area contributed by atoms with Gasteiger partial charge in [0.15, 0.2) is 0 Å². The summed E-state index contributed by atoms with van der Waals surface area (Å²) in [5.74, 6) is 0.568. The minimum Gasteiger partial charge on any atom is -0.299 e. The van der Waals surface area contributed by atoms with E-state index >= 15 is 0 Å². The van der Waals surface area contributed by atoms with Crippen molar-refractivity contribution in [1.29, 1.82) is 0 Å². The molecule has 122 valence electrons. The van der Waals surface area contributed by atoms with Gasteiger partial charge in [0.05, 0.1) is 11.4 Å². The average Bonchev–Trinajstić information content (AvgIpc) is 3.07. The molecular formula is C20H21N3S. The molecule has 0 amide bonds. The molecular weight excluding hydrogens is 314 g/mol. The Bertz CT molecular complexity index is 792. The fourth-order valence-electron chi connectivity index (χ4n) is 3.49. The van der Waals surface area contributed by atoms with E-state index < -0.39 is 0 Å². The van der Waals surface area contributed by atoms with Crippen molar-refractivity contribution in [2.24, 2.45) is 0 Å². The summed E-state index contributed by atoms with van der Waals surface area (Å²) in [5.41, 5.74) is 10.4. The van der Waals surface area contributed by atoms with Gasteiger partial charge in [-0.1, -0.05) is 55.5 Å². The van der Waals surface area contributed by atoms with Gasteiger partial charge in [-0.25, -0.2) is 4.98 Å². The van der Waals surface area contributed by atoms with Crippen molar-refractivity contribution in [3.05, 3.63) is 77.3 Å². The maximum atomic E-state index is 4.75. The smallest absolute Gasteiger partial charge is 0.201 e. The summed E-state index contributed by atoms with van der Waals surface area (Å²) in [6.45, 7) is 2.36. The van der Waals surface area contributed by atoms with Crippen LogP contribution in [0.1, 0.15) is 36.9 Å². The molecule has 0 spiro atoms. The first-order valence-electron chi connectivity index (χ1n) is 8.31. The van der Waals surface area contributed by atoms with E-state index in [0.29, 0.717) is 11.3 Å². The van der Waals surface area contributed by atoms with Crippen LogP contribution in [0.4, 0.5) is 10.8 Å². The van der Waals surface area contributed by atoms with E-state index in [0.717, 1.165) is 10.8 Å². The highest BCUT2D eigenvalue weighted by molar-refractivity contribution is 7.13. The zero-order valence-corrected chi connectivity index (χ0v) is 14.5. The van der Waals surface area contributed by atoms with Crippen LogP contribution in [0.25, 0.3) is 0 Å². The summed E-state index contributed by atoms with van der Waals surface area (Å²) in [7, 11) is 0. The molecule has 0 bridgehead atoms. The lowest BCUT2D eigenvalue weighted by Gasteiger charge is -2.45. The molecule has 0 aliphatic heterocycles. The molecule has 1 aliphatic rings. The number of nitrogens with one attached hydrogen (secondary N) is 2. The first kappa shape index (κ1) is 15.2. The number of hydrazine groups is 1. The van der Waals surface area contributed by atoms with Crippen LogP contribution in [0.2, 0.25) is 0 Å². The third-order valence-electron chi connectivity index (χ3n) is 4.89. The first-order valence-corrected chi connectivity index (χ1v) is 9.19. The summed E-state index contributed by atoms with van der Waals surface area (Å²) in [4.78, 5) is 4.75. The zero-order valence-electron chi connectivity index (χ0n) is 13.7. The van der Waals surface area contributed by atoms with E-state index in [4.69, 9.17) is 4.98 Å². The molecule has 1 aliphatic carbocycles. The Morgan fingerprint density at radius 2 is 1.62 bits per heavy atom. The second-order valence-corrected chi connectivity index (χ2v) is 7.58. The van der Waals surface area contributed by atoms with Crippen LogP contribution < -0.4 is 10.9 Å². The van der Waals surface area contributed by atoms with Crippen LogP contribution >= 0.6 is 11.3 Å². The van der Waals surface area contributed by atoms with Gasteiger partial charge in [0.2, 0.25) is 5.13 Å².